The number of hydrogen-bond donors (Lipinski definition) is 0. The minimum absolute atomic E-state index is 0.0173. The molecule has 1 heterocycles. The Balaban J connectivity index is 2.73. The van der Waals surface area contributed by atoms with Crippen molar-refractivity contribution in [2.75, 3.05) is 36.2 Å². The fourth-order valence-electron chi connectivity index (χ4n) is 1.70. The minimum Gasteiger partial charge on any atom is -0.229 e. The van der Waals surface area contributed by atoms with E-state index >= 15 is 0 Å². The van der Waals surface area contributed by atoms with Crippen molar-refractivity contribution in [1.82, 2.24) is 4.31 Å². The van der Waals surface area contributed by atoms with E-state index in [1.807, 2.05) is 0 Å². The summed E-state index contributed by atoms with van der Waals surface area (Å²) in [6.45, 7) is 2.12. The maximum atomic E-state index is 12.0. The second-order valence-electron chi connectivity index (χ2n) is 4.44. The number of sulfone groups is 1. The van der Waals surface area contributed by atoms with E-state index in [2.05, 4.69) is 0 Å². The first-order valence-corrected chi connectivity index (χ1v) is 9.47. The maximum absolute atomic E-state index is 12.0. The Kier molecular flexibility index (Phi) is 5.24. The van der Waals surface area contributed by atoms with Gasteiger partial charge in [0.05, 0.1) is 17.3 Å². The summed E-state index contributed by atoms with van der Waals surface area (Å²) in [5, 5.41) is 0. The number of sulfonamides is 1. The zero-order valence-electron chi connectivity index (χ0n) is 9.80. The predicted octanol–water partition coefficient (Wildman–Crippen LogP) is 0.312. The number of halogens is 1. The summed E-state index contributed by atoms with van der Waals surface area (Å²) in [7, 11) is -6.46. The van der Waals surface area contributed by atoms with E-state index < -0.39 is 19.9 Å². The summed E-state index contributed by atoms with van der Waals surface area (Å²) in [5.74, 6) is 0.134. The monoisotopic (exact) mass is 303 g/mol. The van der Waals surface area contributed by atoms with Crippen LogP contribution in [0, 0.1) is 5.92 Å². The van der Waals surface area contributed by atoms with E-state index in [9.17, 15) is 16.8 Å². The molecule has 0 aromatic carbocycles. The van der Waals surface area contributed by atoms with Gasteiger partial charge in [-0.25, -0.2) is 21.1 Å². The fraction of sp³-hybridized carbons (Fsp3) is 1.00. The van der Waals surface area contributed by atoms with Crippen molar-refractivity contribution in [2.45, 2.75) is 13.3 Å². The molecular formula is C9H18ClNO4S2. The summed E-state index contributed by atoms with van der Waals surface area (Å²) in [4.78, 5) is 0. The van der Waals surface area contributed by atoms with Crippen LogP contribution in [0.15, 0.2) is 0 Å². The molecule has 0 spiro atoms. The molecule has 5 nitrogen and oxygen atoms in total. The molecule has 0 N–H and O–H groups in total. The Morgan fingerprint density at radius 2 is 1.94 bits per heavy atom. The normalized spacial score (nSPS) is 24.1. The van der Waals surface area contributed by atoms with E-state index in [1.54, 1.807) is 6.92 Å². The van der Waals surface area contributed by atoms with Crippen molar-refractivity contribution < 1.29 is 16.8 Å². The Hall–Kier alpha value is 0.150. The third-order valence-corrected chi connectivity index (χ3v) is 7.05. The minimum atomic E-state index is -3.38. The largest absolute Gasteiger partial charge is 0.229 e. The van der Waals surface area contributed by atoms with Crippen molar-refractivity contribution >= 4 is 31.5 Å². The van der Waals surface area contributed by atoms with Crippen LogP contribution in [0.3, 0.4) is 0 Å². The van der Waals surface area contributed by atoms with Gasteiger partial charge in [-0.1, -0.05) is 6.92 Å². The molecule has 1 fully saturated rings. The van der Waals surface area contributed by atoms with E-state index in [4.69, 9.17) is 11.6 Å². The third kappa shape index (κ3) is 4.73. The molecule has 1 unspecified atom stereocenters. The average Bonchev–Trinajstić information content (AvgIpc) is 2.38. The standard InChI is InChI=1S/C9H18ClNO4S2/c1-9(7-10)8-17(14,15)11-3-2-5-16(12,13)6-4-11/h9H,2-8H2,1H3. The van der Waals surface area contributed by atoms with Gasteiger partial charge in [-0.2, -0.15) is 0 Å². The molecule has 1 saturated heterocycles. The van der Waals surface area contributed by atoms with E-state index in [-0.39, 0.29) is 42.1 Å². The van der Waals surface area contributed by atoms with Gasteiger partial charge in [0.1, 0.15) is 0 Å². The molecule has 1 aliphatic rings. The molecule has 102 valence electrons. The summed E-state index contributed by atoms with van der Waals surface area (Å²) in [6.07, 6.45) is 0.372. The molecule has 0 radical (unpaired) electrons. The second-order valence-corrected chi connectivity index (χ2v) is 9.07. The van der Waals surface area contributed by atoms with Gasteiger partial charge in [0.2, 0.25) is 10.0 Å². The first-order valence-electron chi connectivity index (χ1n) is 5.51. The summed E-state index contributed by atoms with van der Waals surface area (Å²) in [6, 6.07) is 0. The van der Waals surface area contributed by atoms with Crippen molar-refractivity contribution in [2.24, 2.45) is 5.92 Å². The molecular weight excluding hydrogens is 286 g/mol. The average molecular weight is 304 g/mol. The molecule has 1 aliphatic heterocycles. The molecule has 0 saturated carbocycles. The summed E-state index contributed by atoms with van der Waals surface area (Å²) in [5.41, 5.74) is 0. The van der Waals surface area contributed by atoms with Crippen LogP contribution in [-0.4, -0.2) is 57.4 Å². The van der Waals surface area contributed by atoms with E-state index in [0.29, 0.717) is 6.42 Å². The van der Waals surface area contributed by atoms with Crippen LogP contribution in [0.2, 0.25) is 0 Å². The lowest BCUT2D eigenvalue weighted by molar-refractivity contribution is 0.430. The van der Waals surface area contributed by atoms with Crippen molar-refractivity contribution in [3.63, 3.8) is 0 Å². The zero-order valence-corrected chi connectivity index (χ0v) is 12.2. The van der Waals surface area contributed by atoms with Crippen LogP contribution in [0.4, 0.5) is 0 Å². The maximum Gasteiger partial charge on any atom is 0.214 e. The first kappa shape index (κ1) is 15.2. The molecule has 17 heavy (non-hydrogen) atoms. The Bertz CT molecular complexity index is 446. The van der Waals surface area contributed by atoms with Gasteiger partial charge in [0, 0.05) is 19.0 Å². The molecule has 0 bridgehead atoms. The number of alkyl halides is 1. The van der Waals surface area contributed by atoms with Gasteiger partial charge in [-0.15, -0.1) is 11.6 Å². The summed E-state index contributed by atoms with van der Waals surface area (Å²) < 4.78 is 48.0. The first-order chi connectivity index (χ1) is 7.77. The smallest absolute Gasteiger partial charge is 0.214 e. The lowest BCUT2D eigenvalue weighted by Crippen LogP contribution is -2.37. The van der Waals surface area contributed by atoms with Crippen molar-refractivity contribution in [1.29, 1.82) is 0 Å². The quantitative estimate of drug-likeness (QED) is 0.701. The highest BCUT2D eigenvalue weighted by Crippen LogP contribution is 2.13. The van der Waals surface area contributed by atoms with Gasteiger partial charge in [-0.3, -0.25) is 0 Å². The number of hydrogen-bond acceptors (Lipinski definition) is 4. The molecule has 0 amide bonds. The van der Waals surface area contributed by atoms with E-state index in [0.717, 1.165) is 0 Å². The SMILES string of the molecule is CC(CCl)CS(=O)(=O)N1CCCS(=O)(=O)CC1. The van der Waals surface area contributed by atoms with Gasteiger partial charge in [-0.05, 0) is 12.3 Å². The van der Waals surface area contributed by atoms with E-state index in [1.165, 1.54) is 4.31 Å². The Morgan fingerprint density at radius 1 is 1.29 bits per heavy atom. The second kappa shape index (κ2) is 5.86. The molecule has 0 aromatic heterocycles. The van der Waals surface area contributed by atoms with Crippen molar-refractivity contribution in [3.05, 3.63) is 0 Å². The fourth-order valence-corrected chi connectivity index (χ4v) is 5.15. The lowest BCUT2D eigenvalue weighted by Gasteiger charge is -2.20. The van der Waals surface area contributed by atoms with Gasteiger partial charge >= 0.3 is 0 Å². The molecule has 0 aromatic rings. The predicted molar refractivity (Wildman–Crippen MR) is 68.5 cm³/mol. The van der Waals surface area contributed by atoms with Gasteiger partial charge < -0.3 is 0 Å². The highest BCUT2D eigenvalue weighted by molar-refractivity contribution is 7.91. The van der Waals surface area contributed by atoms with Crippen LogP contribution in [0.25, 0.3) is 0 Å². The zero-order chi connectivity index (χ0) is 13.1. The molecule has 8 heteroatoms. The highest BCUT2D eigenvalue weighted by atomic mass is 35.5. The highest BCUT2D eigenvalue weighted by Gasteiger charge is 2.28. The number of rotatable bonds is 4. The van der Waals surface area contributed by atoms with Crippen LogP contribution >= 0.6 is 11.6 Å². The third-order valence-electron chi connectivity index (χ3n) is 2.67. The van der Waals surface area contributed by atoms with Crippen molar-refractivity contribution in [3.8, 4) is 0 Å². The topological polar surface area (TPSA) is 71.5 Å². The lowest BCUT2D eigenvalue weighted by atomic mass is 10.3. The van der Waals surface area contributed by atoms with Crippen LogP contribution in [0.5, 0.6) is 0 Å². The molecule has 1 rings (SSSR count). The Labute approximate surface area is 108 Å². The van der Waals surface area contributed by atoms with Gasteiger partial charge in [0.15, 0.2) is 9.84 Å². The van der Waals surface area contributed by atoms with Gasteiger partial charge in [0.25, 0.3) is 0 Å². The number of nitrogens with zero attached hydrogens (tertiary/aromatic N) is 1. The van der Waals surface area contributed by atoms with Crippen LogP contribution < -0.4 is 0 Å². The Morgan fingerprint density at radius 3 is 2.53 bits per heavy atom. The molecule has 1 atom stereocenters. The molecule has 0 aliphatic carbocycles. The summed E-state index contributed by atoms with van der Waals surface area (Å²) >= 11 is 5.60. The van der Waals surface area contributed by atoms with Crippen LogP contribution in [0.1, 0.15) is 13.3 Å². The van der Waals surface area contributed by atoms with Crippen LogP contribution in [-0.2, 0) is 19.9 Å².